The Morgan fingerprint density at radius 2 is 2.09 bits per heavy atom. The van der Waals surface area contributed by atoms with Gasteiger partial charge < -0.3 is 0 Å². The molecule has 8 heteroatoms. The zero-order valence-corrected chi connectivity index (χ0v) is 13.2. The van der Waals surface area contributed by atoms with Crippen molar-refractivity contribution < 1.29 is 4.79 Å². The Bertz CT molecular complexity index is 866. The summed E-state index contributed by atoms with van der Waals surface area (Å²) in [5.41, 5.74) is 3.23. The molecule has 0 atom stereocenters. The third-order valence-corrected chi connectivity index (χ3v) is 3.95. The molecular formula is C14H15ClN6O. The van der Waals surface area contributed by atoms with Gasteiger partial charge in [-0.3, -0.25) is 19.2 Å². The van der Waals surface area contributed by atoms with Crippen LogP contribution in [0.2, 0.25) is 5.02 Å². The van der Waals surface area contributed by atoms with Crippen LogP contribution in [-0.2, 0) is 11.3 Å². The van der Waals surface area contributed by atoms with Crippen LogP contribution in [0.1, 0.15) is 17.0 Å². The highest BCUT2D eigenvalue weighted by Crippen LogP contribution is 2.18. The lowest BCUT2D eigenvalue weighted by molar-refractivity contribution is -0.117. The van der Waals surface area contributed by atoms with Gasteiger partial charge in [0.05, 0.1) is 16.4 Å². The molecule has 0 unspecified atom stereocenters. The van der Waals surface area contributed by atoms with Crippen LogP contribution in [0.25, 0.3) is 5.65 Å². The third-order valence-electron chi connectivity index (χ3n) is 3.40. The summed E-state index contributed by atoms with van der Waals surface area (Å²) in [6.45, 7) is 5.67. The molecule has 3 aromatic rings. The van der Waals surface area contributed by atoms with E-state index in [9.17, 15) is 4.79 Å². The number of rotatable bonds is 3. The van der Waals surface area contributed by atoms with E-state index in [1.54, 1.807) is 16.0 Å². The van der Waals surface area contributed by atoms with Crippen LogP contribution in [0, 0.1) is 20.8 Å². The first-order chi connectivity index (χ1) is 10.5. The van der Waals surface area contributed by atoms with Gasteiger partial charge in [0.25, 0.3) is 0 Å². The second-order valence-corrected chi connectivity index (χ2v) is 5.52. The van der Waals surface area contributed by atoms with Crippen molar-refractivity contribution >= 4 is 29.1 Å². The van der Waals surface area contributed by atoms with Gasteiger partial charge in [-0.25, -0.2) is 0 Å². The van der Waals surface area contributed by atoms with Gasteiger partial charge in [0.15, 0.2) is 5.65 Å². The number of carbonyl (C=O) groups excluding carboxylic acids is 1. The normalized spacial score (nSPS) is 11.1. The Labute approximate surface area is 131 Å². The molecule has 114 valence electrons. The molecule has 22 heavy (non-hydrogen) atoms. The standard InChI is InChI=1S/C14H15ClN6O/c1-8-4-5-20-11(6-8)17-18-14(20)16-12(22)7-21-10(3)13(15)9(2)19-21/h4-6H,7H2,1-3H3,(H,16,18,22). The van der Waals surface area contributed by atoms with E-state index in [4.69, 9.17) is 11.6 Å². The maximum absolute atomic E-state index is 12.2. The zero-order valence-electron chi connectivity index (χ0n) is 12.5. The molecule has 3 rings (SSSR count). The number of aromatic nitrogens is 5. The maximum Gasteiger partial charge on any atom is 0.248 e. The van der Waals surface area contributed by atoms with Gasteiger partial charge in [-0.1, -0.05) is 11.6 Å². The van der Waals surface area contributed by atoms with Gasteiger partial charge in [0, 0.05) is 6.20 Å². The van der Waals surface area contributed by atoms with E-state index in [1.807, 2.05) is 32.2 Å². The quantitative estimate of drug-likeness (QED) is 0.802. The highest BCUT2D eigenvalue weighted by atomic mass is 35.5. The lowest BCUT2D eigenvalue weighted by Gasteiger charge is -2.05. The number of hydrogen-bond acceptors (Lipinski definition) is 4. The Balaban J connectivity index is 1.80. The van der Waals surface area contributed by atoms with Crippen LogP contribution in [0.3, 0.4) is 0 Å². The van der Waals surface area contributed by atoms with Crippen molar-refractivity contribution in [1.29, 1.82) is 0 Å². The van der Waals surface area contributed by atoms with Gasteiger partial charge in [0.1, 0.15) is 6.54 Å². The summed E-state index contributed by atoms with van der Waals surface area (Å²) in [6, 6.07) is 3.82. The highest BCUT2D eigenvalue weighted by Gasteiger charge is 2.14. The minimum Gasteiger partial charge on any atom is -0.293 e. The Hall–Kier alpha value is -2.41. The summed E-state index contributed by atoms with van der Waals surface area (Å²) in [4.78, 5) is 12.2. The van der Waals surface area contributed by atoms with Crippen LogP contribution < -0.4 is 5.32 Å². The number of carbonyl (C=O) groups is 1. The summed E-state index contributed by atoms with van der Waals surface area (Å²) < 4.78 is 3.29. The third kappa shape index (κ3) is 2.55. The molecule has 1 amide bonds. The molecule has 0 aliphatic heterocycles. The Morgan fingerprint density at radius 1 is 1.32 bits per heavy atom. The van der Waals surface area contributed by atoms with E-state index in [0.29, 0.717) is 22.3 Å². The lowest BCUT2D eigenvalue weighted by atomic mass is 10.3. The summed E-state index contributed by atoms with van der Waals surface area (Å²) in [7, 11) is 0. The molecule has 0 aromatic carbocycles. The van der Waals surface area contributed by atoms with E-state index in [1.165, 1.54) is 0 Å². The van der Waals surface area contributed by atoms with Crippen molar-refractivity contribution in [1.82, 2.24) is 24.4 Å². The fourth-order valence-electron chi connectivity index (χ4n) is 2.21. The first-order valence-corrected chi connectivity index (χ1v) is 7.14. The molecule has 0 aliphatic rings. The minimum atomic E-state index is -0.239. The van der Waals surface area contributed by atoms with Gasteiger partial charge in [-0.2, -0.15) is 5.10 Å². The molecule has 0 saturated heterocycles. The zero-order chi connectivity index (χ0) is 15.9. The molecule has 0 aliphatic carbocycles. The van der Waals surface area contributed by atoms with Crippen molar-refractivity contribution in [3.05, 3.63) is 40.3 Å². The average Bonchev–Trinajstić information content (AvgIpc) is 2.96. The van der Waals surface area contributed by atoms with Crippen molar-refractivity contribution in [2.45, 2.75) is 27.3 Å². The van der Waals surface area contributed by atoms with Crippen LogP contribution in [-0.4, -0.2) is 30.3 Å². The van der Waals surface area contributed by atoms with E-state index in [0.717, 1.165) is 11.3 Å². The van der Waals surface area contributed by atoms with Crippen molar-refractivity contribution in [3.8, 4) is 0 Å². The number of nitrogens with zero attached hydrogens (tertiary/aromatic N) is 5. The fourth-order valence-corrected chi connectivity index (χ4v) is 2.34. The summed E-state index contributed by atoms with van der Waals surface area (Å²) in [5, 5.41) is 15.6. The molecule has 1 N–H and O–H groups in total. The number of nitrogens with one attached hydrogen (secondary N) is 1. The predicted molar refractivity (Wildman–Crippen MR) is 83.1 cm³/mol. The lowest BCUT2D eigenvalue weighted by Crippen LogP contribution is -2.21. The van der Waals surface area contributed by atoms with Crippen LogP contribution >= 0.6 is 11.6 Å². The molecule has 7 nitrogen and oxygen atoms in total. The molecular weight excluding hydrogens is 304 g/mol. The SMILES string of the molecule is Cc1ccn2c(NC(=O)Cn3nc(C)c(Cl)c3C)nnc2c1. The molecule has 0 saturated carbocycles. The largest absolute Gasteiger partial charge is 0.293 e. The summed E-state index contributed by atoms with van der Waals surface area (Å²) in [5.74, 6) is 0.143. The number of amides is 1. The van der Waals surface area contributed by atoms with Crippen LogP contribution in [0.4, 0.5) is 5.95 Å². The monoisotopic (exact) mass is 318 g/mol. The van der Waals surface area contributed by atoms with Crippen LogP contribution in [0.15, 0.2) is 18.3 Å². The molecule has 0 bridgehead atoms. The number of aryl methyl sites for hydroxylation is 2. The number of pyridine rings is 1. The molecule has 0 spiro atoms. The van der Waals surface area contributed by atoms with Gasteiger partial charge in [-0.05, 0) is 38.5 Å². The highest BCUT2D eigenvalue weighted by molar-refractivity contribution is 6.31. The number of anilines is 1. The maximum atomic E-state index is 12.2. The summed E-state index contributed by atoms with van der Waals surface area (Å²) >= 11 is 6.08. The van der Waals surface area contributed by atoms with Gasteiger partial charge >= 0.3 is 0 Å². The number of halogens is 1. The fraction of sp³-hybridized carbons (Fsp3) is 0.286. The van der Waals surface area contributed by atoms with Crippen LogP contribution in [0.5, 0.6) is 0 Å². The number of fused-ring (bicyclic) bond motifs is 1. The second kappa shape index (κ2) is 5.42. The Morgan fingerprint density at radius 3 is 2.77 bits per heavy atom. The smallest absolute Gasteiger partial charge is 0.248 e. The number of hydrogen-bond donors (Lipinski definition) is 1. The second-order valence-electron chi connectivity index (χ2n) is 5.15. The van der Waals surface area contributed by atoms with Gasteiger partial charge in [0.2, 0.25) is 11.9 Å². The first-order valence-electron chi connectivity index (χ1n) is 6.76. The predicted octanol–water partition coefficient (Wildman–Crippen LogP) is 2.14. The molecule has 0 radical (unpaired) electrons. The van der Waals surface area contributed by atoms with E-state index >= 15 is 0 Å². The first kappa shape index (κ1) is 14.5. The van der Waals surface area contributed by atoms with Crippen molar-refractivity contribution in [2.75, 3.05) is 5.32 Å². The molecule has 0 fully saturated rings. The molecule has 3 aromatic heterocycles. The van der Waals surface area contributed by atoms with Gasteiger partial charge in [-0.15, -0.1) is 10.2 Å². The van der Waals surface area contributed by atoms with E-state index < -0.39 is 0 Å². The van der Waals surface area contributed by atoms with E-state index in [-0.39, 0.29) is 12.5 Å². The topological polar surface area (TPSA) is 77.1 Å². The van der Waals surface area contributed by atoms with E-state index in [2.05, 4.69) is 20.6 Å². The molecule has 3 heterocycles. The minimum absolute atomic E-state index is 0.0696. The summed E-state index contributed by atoms with van der Waals surface area (Å²) in [6.07, 6.45) is 1.82. The van der Waals surface area contributed by atoms with Crippen molar-refractivity contribution in [2.24, 2.45) is 0 Å². The Kier molecular flexibility index (Phi) is 3.58. The average molecular weight is 319 g/mol. The van der Waals surface area contributed by atoms with Crippen molar-refractivity contribution in [3.63, 3.8) is 0 Å².